The standard InChI is InChI=1S/C53H92N6O20/c1-48(2,3)75-43(64)54-24-21-32(60)40(63)56-30-25-31(58-46(67)78-51(10,11)12)38(72-41-29(57-45(66)77-50(7,8)9)20-19-28(70-41)26-55-44(65)76-49(4,5)6)36(62)37(30)73-42-35(61)34(59-47(68)79-52(13,14)15)39-33(71-42)27-69-53(74-39)22-17-16-18-23-53/h28-39,41-42,60-62H,16-27H2,1-15H3,(H,54,64)(H,55,65)(H,56,63)(H,57,66)(H,58,67)(H,59,68)/t28?,29?,30-,31+,32+,33?,34-,35?,36?,37-,38?,39+,41+,42+/m1/s1. The van der Waals surface area contributed by atoms with Crippen LogP contribution in [0.1, 0.15) is 162 Å². The minimum absolute atomic E-state index is 0.0523. The van der Waals surface area contributed by atoms with E-state index in [0.29, 0.717) is 12.8 Å². The smallest absolute Gasteiger partial charge is 0.408 e. The second-order valence-corrected chi connectivity index (χ2v) is 25.9. The molecule has 3 heterocycles. The van der Waals surface area contributed by atoms with E-state index in [-0.39, 0.29) is 45.4 Å². The summed E-state index contributed by atoms with van der Waals surface area (Å²) in [5, 5.41) is 52.7. The third-order valence-electron chi connectivity index (χ3n) is 12.8. The lowest BCUT2D eigenvalue weighted by Gasteiger charge is -2.54. The van der Waals surface area contributed by atoms with E-state index >= 15 is 0 Å². The fraction of sp³-hybridized carbons (Fsp3) is 0.887. The summed E-state index contributed by atoms with van der Waals surface area (Å²) in [6.07, 6.45) is -15.1. The van der Waals surface area contributed by atoms with E-state index < -0.39 is 156 Å². The normalized spacial score (nSPS) is 30.7. The molecule has 6 amide bonds. The van der Waals surface area contributed by atoms with Crippen molar-refractivity contribution in [3.05, 3.63) is 0 Å². The van der Waals surface area contributed by atoms with Crippen molar-refractivity contribution in [1.82, 2.24) is 31.9 Å². The van der Waals surface area contributed by atoms with Crippen LogP contribution in [0.4, 0.5) is 24.0 Å². The maximum absolute atomic E-state index is 14.1. The van der Waals surface area contributed by atoms with Crippen LogP contribution in [0.3, 0.4) is 0 Å². The molecule has 1 spiro atoms. The maximum atomic E-state index is 14.1. The number of carbonyl (C=O) groups is 6. The van der Waals surface area contributed by atoms with E-state index in [0.717, 1.165) is 19.3 Å². The van der Waals surface area contributed by atoms with Gasteiger partial charge in [-0.15, -0.1) is 0 Å². The van der Waals surface area contributed by atoms with Gasteiger partial charge in [0.25, 0.3) is 0 Å². The molecule has 9 N–H and O–H groups in total. The molecule has 79 heavy (non-hydrogen) atoms. The highest BCUT2D eigenvalue weighted by Gasteiger charge is 2.57. The van der Waals surface area contributed by atoms with E-state index in [1.807, 2.05) is 0 Å². The van der Waals surface area contributed by atoms with Crippen molar-refractivity contribution in [2.75, 3.05) is 19.7 Å². The predicted octanol–water partition coefficient (Wildman–Crippen LogP) is 4.15. The Bertz CT molecular complexity index is 2060. The van der Waals surface area contributed by atoms with Gasteiger partial charge in [0.15, 0.2) is 18.4 Å². The molecule has 5 rings (SSSR count). The van der Waals surface area contributed by atoms with Crippen LogP contribution >= 0.6 is 0 Å². The Morgan fingerprint density at radius 2 is 1.05 bits per heavy atom. The van der Waals surface area contributed by atoms with Gasteiger partial charge in [-0.3, -0.25) is 4.79 Å². The van der Waals surface area contributed by atoms with Gasteiger partial charge in [-0.05, 0) is 142 Å². The summed E-state index contributed by atoms with van der Waals surface area (Å²) in [6.45, 7) is 24.8. The summed E-state index contributed by atoms with van der Waals surface area (Å²) in [5.74, 6) is -1.99. The number of aliphatic hydroxyl groups excluding tert-OH is 3. The number of hydrogen-bond donors (Lipinski definition) is 9. The van der Waals surface area contributed by atoms with E-state index in [1.165, 1.54) is 0 Å². The van der Waals surface area contributed by atoms with Crippen molar-refractivity contribution in [2.45, 2.75) is 281 Å². The molecule has 0 aromatic rings. The van der Waals surface area contributed by atoms with Gasteiger partial charge in [-0.2, -0.15) is 0 Å². The third kappa shape index (κ3) is 21.1. The van der Waals surface area contributed by atoms with Crippen LogP contribution in [-0.2, 0) is 56.9 Å². The molecule has 0 aromatic heterocycles. The second-order valence-electron chi connectivity index (χ2n) is 25.9. The Hall–Kier alpha value is -4.54. The molecule has 2 saturated carbocycles. The lowest BCUT2D eigenvalue weighted by atomic mass is 9.83. The predicted molar refractivity (Wildman–Crippen MR) is 280 cm³/mol. The van der Waals surface area contributed by atoms with Crippen molar-refractivity contribution >= 4 is 36.4 Å². The lowest BCUT2D eigenvalue weighted by molar-refractivity contribution is -0.389. The van der Waals surface area contributed by atoms with Crippen LogP contribution in [0, 0.1) is 0 Å². The zero-order valence-electron chi connectivity index (χ0n) is 48.9. The highest BCUT2D eigenvalue weighted by atomic mass is 16.8. The fourth-order valence-electron chi connectivity index (χ4n) is 9.68. The zero-order chi connectivity index (χ0) is 59.1. The van der Waals surface area contributed by atoms with Crippen LogP contribution in [0.15, 0.2) is 0 Å². The van der Waals surface area contributed by atoms with Gasteiger partial charge < -0.3 is 99.3 Å². The Balaban J connectivity index is 1.54. The molecule has 5 fully saturated rings. The topological polar surface area (TPSA) is 337 Å². The number of ether oxygens (including phenoxy) is 11. The molecule has 0 aromatic carbocycles. The quantitative estimate of drug-likeness (QED) is 0.110. The zero-order valence-corrected chi connectivity index (χ0v) is 48.9. The molecule has 26 heteroatoms. The molecule has 14 atom stereocenters. The fourth-order valence-corrected chi connectivity index (χ4v) is 9.68. The van der Waals surface area contributed by atoms with Crippen LogP contribution in [0.5, 0.6) is 0 Å². The van der Waals surface area contributed by atoms with E-state index in [4.69, 9.17) is 52.1 Å². The molecule has 5 aliphatic rings. The highest BCUT2D eigenvalue weighted by Crippen LogP contribution is 2.42. The molecule has 2 aliphatic carbocycles. The van der Waals surface area contributed by atoms with E-state index in [9.17, 15) is 44.1 Å². The summed E-state index contributed by atoms with van der Waals surface area (Å²) < 4.78 is 66.7. The summed E-state index contributed by atoms with van der Waals surface area (Å²) in [4.78, 5) is 79.9. The molecule has 0 bridgehead atoms. The van der Waals surface area contributed by atoms with E-state index in [1.54, 1.807) is 104 Å². The van der Waals surface area contributed by atoms with Gasteiger partial charge in [-0.25, -0.2) is 24.0 Å². The maximum Gasteiger partial charge on any atom is 0.408 e. The van der Waals surface area contributed by atoms with Crippen LogP contribution in [-0.4, -0.2) is 191 Å². The average Bonchev–Trinajstić information content (AvgIpc) is 3.27. The van der Waals surface area contributed by atoms with Gasteiger partial charge in [0, 0.05) is 25.9 Å². The van der Waals surface area contributed by atoms with Crippen molar-refractivity contribution < 1.29 is 96.2 Å². The monoisotopic (exact) mass is 1130 g/mol. The number of aliphatic hydroxyl groups is 3. The molecule has 0 radical (unpaired) electrons. The van der Waals surface area contributed by atoms with Crippen molar-refractivity contribution in [1.29, 1.82) is 0 Å². The Morgan fingerprint density at radius 1 is 0.570 bits per heavy atom. The molecule has 3 aliphatic heterocycles. The van der Waals surface area contributed by atoms with Gasteiger partial charge in [-0.1, -0.05) is 6.42 Å². The van der Waals surface area contributed by atoms with Crippen LogP contribution in [0.2, 0.25) is 0 Å². The van der Waals surface area contributed by atoms with Gasteiger partial charge in [0.2, 0.25) is 5.91 Å². The van der Waals surface area contributed by atoms with E-state index in [2.05, 4.69) is 31.9 Å². The number of nitrogens with one attached hydrogen (secondary N) is 6. The molecular weight excluding hydrogens is 1040 g/mol. The molecular formula is C53H92N6O20. The lowest BCUT2D eigenvalue weighted by Crippen LogP contribution is -2.72. The van der Waals surface area contributed by atoms with Gasteiger partial charge >= 0.3 is 30.5 Å². The molecule has 3 saturated heterocycles. The minimum Gasteiger partial charge on any atom is -0.444 e. The second kappa shape index (κ2) is 26.6. The minimum atomic E-state index is -1.92. The summed E-state index contributed by atoms with van der Waals surface area (Å²) in [6, 6.07) is -4.88. The Labute approximate surface area is 464 Å². The summed E-state index contributed by atoms with van der Waals surface area (Å²) in [7, 11) is 0. The Morgan fingerprint density at radius 3 is 1.59 bits per heavy atom. The van der Waals surface area contributed by atoms with Crippen LogP contribution < -0.4 is 31.9 Å². The van der Waals surface area contributed by atoms with Crippen molar-refractivity contribution in [3.8, 4) is 0 Å². The van der Waals surface area contributed by atoms with Crippen LogP contribution in [0.25, 0.3) is 0 Å². The molecule has 26 nitrogen and oxygen atoms in total. The first-order chi connectivity index (χ1) is 36.4. The highest BCUT2D eigenvalue weighted by molar-refractivity contribution is 5.81. The van der Waals surface area contributed by atoms with Crippen molar-refractivity contribution in [3.63, 3.8) is 0 Å². The number of fused-ring (bicyclic) bond motifs is 1. The summed E-state index contributed by atoms with van der Waals surface area (Å²) in [5.41, 5.74) is -4.50. The van der Waals surface area contributed by atoms with Crippen molar-refractivity contribution in [2.24, 2.45) is 0 Å². The van der Waals surface area contributed by atoms with Gasteiger partial charge in [0.05, 0.1) is 36.9 Å². The number of rotatable bonds is 14. The molecule has 454 valence electrons. The SMILES string of the molecule is CC(C)(C)OC(=O)NCC[C@H](O)C(=O)N[C@@H]1C[C@H](NC(=O)OC(C)(C)C)C(O[C@@H]2OC(CNC(=O)OC(C)(C)C)CCC2NC(=O)OC(C)(C)C)C(O)[C@@H]1O[C@@H]1OC2COC3(CCCCC3)O[C@@H]2[C@H](NC(=O)OC(C)(C)C)C1O. The number of amides is 6. The Kier molecular flexibility index (Phi) is 22.0. The largest absolute Gasteiger partial charge is 0.444 e. The summed E-state index contributed by atoms with van der Waals surface area (Å²) >= 11 is 0. The first-order valence-corrected chi connectivity index (χ1v) is 27.6. The number of hydrogen-bond acceptors (Lipinski definition) is 20. The number of carbonyl (C=O) groups excluding carboxylic acids is 6. The first kappa shape index (κ1) is 65.3. The average molecular weight is 1130 g/mol. The first-order valence-electron chi connectivity index (χ1n) is 27.6. The molecule has 6 unspecified atom stereocenters. The van der Waals surface area contributed by atoms with Gasteiger partial charge in [0.1, 0.15) is 70.7 Å². The number of alkyl carbamates (subject to hydrolysis) is 5. The third-order valence-corrected chi connectivity index (χ3v) is 12.8.